The molecule has 1 unspecified atom stereocenters. The molecule has 12 heteroatoms. The summed E-state index contributed by atoms with van der Waals surface area (Å²) in [6, 6.07) is 14.4. The highest BCUT2D eigenvalue weighted by Crippen LogP contribution is 2.35. The van der Waals surface area contributed by atoms with Gasteiger partial charge in [0.05, 0.1) is 17.8 Å². The van der Waals surface area contributed by atoms with Crippen LogP contribution in [-0.2, 0) is 16.1 Å². The number of piperazine rings is 1. The number of fused-ring (bicyclic) bond motifs is 1. The first kappa shape index (κ1) is 30.8. The van der Waals surface area contributed by atoms with Crippen LogP contribution in [0.2, 0.25) is 0 Å². The number of hydrogen-bond donors (Lipinski definition) is 2. The van der Waals surface area contributed by atoms with E-state index in [9.17, 15) is 14.4 Å². The molecule has 3 fully saturated rings. The Morgan fingerprint density at radius 3 is 2.51 bits per heavy atom. The van der Waals surface area contributed by atoms with Crippen molar-refractivity contribution >= 4 is 46.2 Å². The molecule has 12 nitrogen and oxygen atoms in total. The third-order valence-corrected chi connectivity index (χ3v) is 9.61. The van der Waals surface area contributed by atoms with Crippen molar-refractivity contribution in [2.75, 3.05) is 50.5 Å². The first-order valence-electron chi connectivity index (χ1n) is 16.5. The van der Waals surface area contributed by atoms with E-state index in [-0.39, 0.29) is 29.7 Å². The number of nitrogens with zero attached hydrogens (tertiary/aromatic N) is 7. The Morgan fingerprint density at radius 2 is 1.79 bits per heavy atom. The Bertz CT molecular complexity index is 1790. The van der Waals surface area contributed by atoms with Gasteiger partial charge in [-0.25, -0.2) is 9.97 Å². The Hall–Kier alpha value is -4.84. The molecule has 3 aromatic heterocycles. The van der Waals surface area contributed by atoms with E-state index in [1.807, 2.05) is 30.5 Å². The minimum Gasteiger partial charge on any atom is -0.368 e. The lowest BCUT2D eigenvalue weighted by Crippen LogP contribution is -2.46. The summed E-state index contributed by atoms with van der Waals surface area (Å²) in [6.45, 7) is 4.40. The summed E-state index contributed by atoms with van der Waals surface area (Å²) < 4.78 is 2.11. The number of anilines is 3. The van der Waals surface area contributed by atoms with Gasteiger partial charge in [-0.05, 0) is 48.6 Å². The molecule has 0 spiro atoms. The van der Waals surface area contributed by atoms with Gasteiger partial charge in [0.15, 0.2) is 0 Å². The molecule has 2 aliphatic heterocycles. The Labute approximate surface area is 274 Å². The Kier molecular flexibility index (Phi) is 8.59. The van der Waals surface area contributed by atoms with Crippen LogP contribution in [0.1, 0.15) is 72.1 Å². The molecule has 7 rings (SSSR count). The van der Waals surface area contributed by atoms with E-state index < -0.39 is 0 Å². The highest BCUT2D eigenvalue weighted by Gasteiger charge is 2.29. The SMILES string of the molecule is CN(C)C(=O)c1cc2cnc(Nc3ccc(N4CCN(Cc5cccc(C6CCC(=O)NC6=O)c5)CC4)cn3)nc2n1C1CCCC1. The maximum absolute atomic E-state index is 13.0. The fraction of sp³-hybridized carbons (Fsp3) is 0.429. The number of nitrogens with one attached hydrogen (secondary N) is 2. The predicted molar refractivity (Wildman–Crippen MR) is 180 cm³/mol. The van der Waals surface area contributed by atoms with E-state index in [1.54, 1.807) is 25.2 Å². The first-order valence-corrected chi connectivity index (χ1v) is 16.5. The third-order valence-electron chi connectivity index (χ3n) is 9.61. The van der Waals surface area contributed by atoms with E-state index in [1.165, 1.54) is 5.56 Å². The number of hydrogen-bond acceptors (Lipinski definition) is 9. The Balaban J connectivity index is 0.976. The summed E-state index contributed by atoms with van der Waals surface area (Å²) in [5.41, 5.74) is 4.65. The predicted octanol–water partition coefficient (Wildman–Crippen LogP) is 4.23. The molecule has 4 aromatic rings. The summed E-state index contributed by atoms with van der Waals surface area (Å²) in [5.74, 6) is 0.435. The zero-order valence-corrected chi connectivity index (χ0v) is 27.0. The summed E-state index contributed by atoms with van der Waals surface area (Å²) in [7, 11) is 3.55. The largest absolute Gasteiger partial charge is 0.368 e. The van der Waals surface area contributed by atoms with Crippen LogP contribution >= 0.6 is 0 Å². The van der Waals surface area contributed by atoms with Crippen LogP contribution in [0, 0.1) is 0 Å². The summed E-state index contributed by atoms with van der Waals surface area (Å²) in [5, 5.41) is 6.59. The quantitative estimate of drug-likeness (QED) is 0.274. The van der Waals surface area contributed by atoms with Gasteiger partial charge >= 0.3 is 0 Å². The van der Waals surface area contributed by atoms with E-state index in [4.69, 9.17) is 4.98 Å². The van der Waals surface area contributed by atoms with Gasteiger partial charge in [-0.1, -0.05) is 37.1 Å². The number of carbonyl (C=O) groups is 3. The van der Waals surface area contributed by atoms with E-state index in [2.05, 4.69) is 53.2 Å². The highest BCUT2D eigenvalue weighted by atomic mass is 16.2. The Morgan fingerprint density at radius 1 is 0.979 bits per heavy atom. The number of piperidine rings is 1. The van der Waals surface area contributed by atoms with Crippen molar-refractivity contribution in [1.82, 2.24) is 34.6 Å². The topological polar surface area (TPSA) is 129 Å². The monoisotopic (exact) mass is 635 g/mol. The maximum atomic E-state index is 13.0. The molecule has 3 amide bonds. The lowest BCUT2D eigenvalue weighted by molar-refractivity contribution is -0.134. The molecule has 5 heterocycles. The molecule has 1 aromatic carbocycles. The number of rotatable bonds is 8. The van der Waals surface area contributed by atoms with Gasteiger partial charge in [0.2, 0.25) is 17.8 Å². The van der Waals surface area contributed by atoms with Crippen molar-refractivity contribution in [3.8, 4) is 0 Å². The molecule has 1 aliphatic carbocycles. The van der Waals surface area contributed by atoms with Crippen molar-refractivity contribution in [2.24, 2.45) is 0 Å². The highest BCUT2D eigenvalue weighted by molar-refractivity contribution is 6.01. The number of imide groups is 1. The second-order valence-corrected chi connectivity index (χ2v) is 13.0. The van der Waals surface area contributed by atoms with Gasteiger partial charge in [-0.2, -0.15) is 4.98 Å². The molecule has 0 bridgehead atoms. The van der Waals surface area contributed by atoms with Gasteiger partial charge in [0.25, 0.3) is 5.91 Å². The molecular weight excluding hydrogens is 594 g/mol. The minimum absolute atomic E-state index is 0.0264. The standard InChI is InChI=1S/C35H41N9O3/c1-41(2)34(47)29-19-25-20-37-35(40-32(25)44(29)26-8-3-4-9-26)38-30-12-10-27(21-36-30)43-16-14-42(15-17-43)22-23-6-5-7-24(18-23)28-11-13-31(45)39-33(28)46/h5-7,10,12,18-21,26,28H,3-4,8-9,11,13-17,22H2,1-2H3,(H,39,45,46)(H,36,37,38,40). The van der Waals surface area contributed by atoms with Crippen molar-refractivity contribution in [3.63, 3.8) is 0 Å². The normalized spacial score (nSPS) is 19.3. The first-order chi connectivity index (χ1) is 22.8. The molecule has 47 heavy (non-hydrogen) atoms. The number of carbonyl (C=O) groups excluding carboxylic acids is 3. The average Bonchev–Trinajstić information content (AvgIpc) is 3.73. The van der Waals surface area contributed by atoms with Crippen LogP contribution in [0.3, 0.4) is 0 Å². The zero-order valence-electron chi connectivity index (χ0n) is 27.0. The molecule has 1 saturated carbocycles. The average molecular weight is 636 g/mol. The number of amides is 3. The van der Waals surface area contributed by atoms with Gasteiger partial charge < -0.3 is 19.7 Å². The fourth-order valence-electron chi connectivity index (χ4n) is 7.10. The third kappa shape index (κ3) is 6.55. The minimum atomic E-state index is -0.265. The summed E-state index contributed by atoms with van der Waals surface area (Å²) in [6.07, 6.45) is 9.00. The van der Waals surface area contributed by atoms with Crippen LogP contribution in [0.25, 0.3) is 11.0 Å². The number of aromatic nitrogens is 4. The van der Waals surface area contributed by atoms with Gasteiger partial charge in [-0.15, -0.1) is 0 Å². The van der Waals surface area contributed by atoms with E-state index >= 15 is 0 Å². The van der Waals surface area contributed by atoms with Gasteiger partial charge in [-0.3, -0.25) is 24.6 Å². The van der Waals surface area contributed by atoms with Crippen LogP contribution in [-0.4, -0.2) is 87.3 Å². The summed E-state index contributed by atoms with van der Waals surface area (Å²) in [4.78, 5) is 57.4. The van der Waals surface area contributed by atoms with Crippen LogP contribution < -0.4 is 15.5 Å². The second kappa shape index (κ2) is 13.1. The molecule has 3 aliphatic rings. The maximum Gasteiger partial charge on any atom is 0.270 e. The van der Waals surface area contributed by atoms with Crippen molar-refractivity contribution in [3.05, 3.63) is 71.7 Å². The summed E-state index contributed by atoms with van der Waals surface area (Å²) >= 11 is 0. The van der Waals surface area contributed by atoms with Gasteiger partial charge in [0.1, 0.15) is 17.2 Å². The molecule has 244 valence electrons. The van der Waals surface area contributed by atoms with Crippen LogP contribution in [0.5, 0.6) is 0 Å². The molecule has 2 N–H and O–H groups in total. The molecule has 2 saturated heterocycles. The van der Waals surface area contributed by atoms with Crippen LogP contribution in [0.4, 0.5) is 17.5 Å². The van der Waals surface area contributed by atoms with E-state index in [0.717, 1.165) is 80.7 Å². The lowest BCUT2D eigenvalue weighted by atomic mass is 9.89. The number of pyridine rings is 1. The second-order valence-electron chi connectivity index (χ2n) is 13.0. The number of benzene rings is 1. The molecular formula is C35H41N9O3. The van der Waals surface area contributed by atoms with Gasteiger partial charge in [0, 0.05) is 70.9 Å². The van der Waals surface area contributed by atoms with Crippen molar-refractivity contribution in [1.29, 1.82) is 0 Å². The molecule has 0 radical (unpaired) electrons. The van der Waals surface area contributed by atoms with Crippen LogP contribution in [0.15, 0.2) is 54.9 Å². The lowest BCUT2D eigenvalue weighted by Gasteiger charge is -2.36. The van der Waals surface area contributed by atoms with E-state index in [0.29, 0.717) is 30.3 Å². The van der Waals surface area contributed by atoms with Crippen molar-refractivity contribution < 1.29 is 14.4 Å². The fourth-order valence-corrected chi connectivity index (χ4v) is 7.10. The molecule has 1 atom stereocenters. The zero-order chi connectivity index (χ0) is 32.5. The van der Waals surface area contributed by atoms with Crippen molar-refractivity contribution in [2.45, 2.75) is 57.0 Å². The smallest absolute Gasteiger partial charge is 0.270 e.